The Morgan fingerprint density at radius 1 is 0.612 bits per heavy atom. The van der Waals surface area contributed by atoms with Gasteiger partial charge in [-0.2, -0.15) is 5.10 Å². The van der Waals surface area contributed by atoms with Crippen LogP contribution in [0.3, 0.4) is 0 Å². The minimum absolute atomic E-state index is 0.109. The summed E-state index contributed by atoms with van der Waals surface area (Å²) in [5, 5.41) is 16.7. The number of rotatable bonds is 15. The number of nitrogens with zero attached hydrogens (tertiary/aromatic N) is 2. The highest BCUT2D eigenvalue weighted by Crippen LogP contribution is 2.41. The molecule has 1 aromatic heterocycles. The van der Waals surface area contributed by atoms with Gasteiger partial charge in [-0.1, -0.05) is 91.0 Å². The molecule has 0 spiro atoms. The van der Waals surface area contributed by atoms with Gasteiger partial charge in [0.25, 0.3) is 0 Å². The van der Waals surface area contributed by atoms with Crippen molar-refractivity contribution < 1.29 is 28.8 Å². The Hall–Kier alpha value is -5.57. The maximum atomic E-state index is 12.3. The fraction of sp³-hybridized carbons (Fsp3) is 0.195. The van der Waals surface area contributed by atoms with Crippen molar-refractivity contribution >= 4 is 0 Å². The van der Waals surface area contributed by atoms with Crippen molar-refractivity contribution in [3.63, 3.8) is 0 Å². The lowest BCUT2D eigenvalue weighted by atomic mass is 9.80. The van der Waals surface area contributed by atoms with Gasteiger partial charge < -0.3 is 28.8 Å². The third-order valence-corrected chi connectivity index (χ3v) is 8.40. The van der Waals surface area contributed by atoms with E-state index >= 15 is 0 Å². The Kier molecular flexibility index (Phi) is 10.6. The average molecular weight is 657 g/mol. The van der Waals surface area contributed by atoms with E-state index in [4.69, 9.17) is 23.7 Å². The van der Waals surface area contributed by atoms with Crippen LogP contribution >= 0.6 is 0 Å². The summed E-state index contributed by atoms with van der Waals surface area (Å²) in [5.41, 5.74) is 2.44. The van der Waals surface area contributed by atoms with Crippen molar-refractivity contribution in [2.24, 2.45) is 7.05 Å². The summed E-state index contributed by atoms with van der Waals surface area (Å²) in [4.78, 5) is 0. The number of methoxy groups -OCH3 is 2. The monoisotopic (exact) mass is 656 g/mol. The molecule has 250 valence electrons. The van der Waals surface area contributed by atoms with Gasteiger partial charge in [-0.15, -0.1) is 0 Å². The van der Waals surface area contributed by atoms with E-state index in [2.05, 4.69) is 5.10 Å². The van der Waals surface area contributed by atoms with Crippen molar-refractivity contribution in [1.29, 1.82) is 0 Å². The summed E-state index contributed by atoms with van der Waals surface area (Å²) in [6, 6.07) is 44.7. The maximum absolute atomic E-state index is 12.3. The summed E-state index contributed by atoms with van der Waals surface area (Å²) in [6.07, 6.45) is 0.658. The van der Waals surface area contributed by atoms with Crippen LogP contribution in [0.1, 0.15) is 28.4 Å². The van der Waals surface area contributed by atoms with Crippen LogP contribution in [0.5, 0.6) is 23.0 Å². The van der Waals surface area contributed by atoms with E-state index in [0.29, 0.717) is 23.0 Å². The van der Waals surface area contributed by atoms with Gasteiger partial charge >= 0.3 is 0 Å². The number of hydrogen-bond acceptors (Lipinski definition) is 7. The third kappa shape index (κ3) is 7.62. The Labute approximate surface area is 287 Å². The first-order valence-electron chi connectivity index (χ1n) is 16.1. The predicted octanol–water partition coefficient (Wildman–Crippen LogP) is 7.37. The van der Waals surface area contributed by atoms with Crippen molar-refractivity contribution in [2.75, 3.05) is 20.8 Å². The Morgan fingerprint density at radius 2 is 1.04 bits per heavy atom. The summed E-state index contributed by atoms with van der Waals surface area (Å²) in [7, 11) is 5.06. The number of hydrogen-bond donors (Lipinski definition) is 1. The third-order valence-electron chi connectivity index (χ3n) is 8.40. The van der Waals surface area contributed by atoms with E-state index in [1.807, 2.05) is 141 Å². The van der Waals surface area contributed by atoms with E-state index in [1.165, 1.54) is 0 Å². The van der Waals surface area contributed by atoms with Crippen LogP contribution in [0.15, 0.2) is 152 Å². The first-order valence-corrected chi connectivity index (χ1v) is 16.1. The number of ether oxygens (including phenoxy) is 5. The molecule has 49 heavy (non-hydrogen) atoms. The number of aliphatic hydroxyl groups excluding tert-OH is 1. The minimum Gasteiger partial charge on any atom is -0.497 e. The zero-order valence-corrected chi connectivity index (χ0v) is 27.8. The van der Waals surface area contributed by atoms with Crippen LogP contribution in [0.4, 0.5) is 0 Å². The Balaban J connectivity index is 1.42. The lowest BCUT2D eigenvalue weighted by molar-refractivity contribution is -0.0973. The second-order valence-electron chi connectivity index (χ2n) is 11.6. The highest BCUT2D eigenvalue weighted by atomic mass is 16.6. The normalized spacial score (nSPS) is 13.2. The van der Waals surface area contributed by atoms with Crippen LogP contribution in [0.2, 0.25) is 0 Å². The molecular formula is C41H40N2O6. The quantitative estimate of drug-likeness (QED) is 0.116. The van der Waals surface area contributed by atoms with Crippen LogP contribution in [-0.2, 0) is 17.4 Å². The van der Waals surface area contributed by atoms with Gasteiger partial charge in [0.2, 0.25) is 0 Å². The van der Waals surface area contributed by atoms with Crippen molar-refractivity contribution in [3.8, 4) is 23.0 Å². The van der Waals surface area contributed by atoms with Gasteiger partial charge in [0.1, 0.15) is 34.7 Å². The lowest BCUT2D eigenvalue weighted by Gasteiger charge is -2.38. The molecule has 1 heterocycles. The first kappa shape index (κ1) is 33.3. The van der Waals surface area contributed by atoms with E-state index in [-0.39, 0.29) is 6.61 Å². The van der Waals surface area contributed by atoms with E-state index in [9.17, 15) is 5.11 Å². The molecule has 0 saturated heterocycles. The molecule has 0 radical (unpaired) electrons. The molecule has 0 unspecified atom stereocenters. The highest BCUT2D eigenvalue weighted by molar-refractivity contribution is 5.47. The molecule has 6 aromatic rings. The standard InChI is InChI=1S/C41H40N2O6/c1-43-28-30(27-42-43)39(48-36-23-19-34(45-2)20-24-36)40(49-37-25-21-35(46-3)22-26-37)38(44)29-47-41(31-13-7-4-8-14-31,32-15-9-5-10-16-32)33-17-11-6-12-18-33/h4-28,38-40,44H,29H2,1-3H3/t38-,39-,40-/m1/s1. The molecule has 0 bridgehead atoms. The highest BCUT2D eigenvalue weighted by Gasteiger charge is 2.41. The SMILES string of the molecule is COc1ccc(O[C@H]([C@H](O)COC(c2ccccc2)(c2ccccc2)c2ccccc2)[C@H](Oc2ccc(OC)cc2)c2cnn(C)c2)cc1. The molecule has 0 aliphatic rings. The van der Waals surface area contributed by atoms with Crippen LogP contribution < -0.4 is 18.9 Å². The van der Waals surface area contributed by atoms with E-state index < -0.39 is 23.9 Å². The van der Waals surface area contributed by atoms with Gasteiger partial charge in [-0.25, -0.2) is 0 Å². The van der Waals surface area contributed by atoms with Crippen LogP contribution in [0, 0.1) is 0 Å². The van der Waals surface area contributed by atoms with Crippen molar-refractivity contribution in [2.45, 2.75) is 23.9 Å². The topological polar surface area (TPSA) is 84.2 Å². The molecule has 0 fully saturated rings. The minimum atomic E-state index is -1.18. The van der Waals surface area contributed by atoms with Crippen molar-refractivity contribution in [3.05, 3.63) is 174 Å². The molecule has 0 aliphatic heterocycles. The predicted molar refractivity (Wildman–Crippen MR) is 188 cm³/mol. The van der Waals surface area contributed by atoms with Gasteiger partial charge in [0, 0.05) is 18.8 Å². The molecule has 1 N–H and O–H groups in total. The number of aliphatic hydroxyl groups is 1. The molecule has 6 rings (SSSR count). The summed E-state index contributed by atoms with van der Waals surface area (Å²) < 4.78 is 32.7. The van der Waals surface area contributed by atoms with Crippen LogP contribution in [-0.4, -0.2) is 47.9 Å². The van der Waals surface area contributed by atoms with Crippen molar-refractivity contribution in [1.82, 2.24) is 9.78 Å². The molecule has 3 atom stereocenters. The van der Waals surface area contributed by atoms with Gasteiger partial charge in [0.05, 0.1) is 27.0 Å². The second kappa shape index (κ2) is 15.6. The Morgan fingerprint density at radius 3 is 1.45 bits per heavy atom. The maximum Gasteiger partial charge on any atom is 0.168 e. The largest absolute Gasteiger partial charge is 0.497 e. The fourth-order valence-corrected chi connectivity index (χ4v) is 5.94. The first-order chi connectivity index (χ1) is 24.0. The van der Waals surface area contributed by atoms with E-state index in [0.717, 1.165) is 22.3 Å². The van der Waals surface area contributed by atoms with Gasteiger partial charge in [-0.05, 0) is 65.2 Å². The van der Waals surface area contributed by atoms with Gasteiger partial charge in [-0.3, -0.25) is 4.68 Å². The number of benzene rings is 5. The summed E-state index contributed by atoms with van der Waals surface area (Å²) in [6.45, 7) is -0.109. The second-order valence-corrected chi connectivity index (χ2v) is 11.6. The lowest BCUT2D eigenvalue weighted by Crippen LogP contribution is -2.45. The number of aryl methyl sites for hydroxylation is 1. The summed E-state index contributed by atoms with van der Waals surface area (Å²) in [5.74, 6) is 2.48. The molecule has 8 nitrogen and oxygen atoms in total. The Bertz CT molecular complexity index is 1770. The van der Waals surface area contributed by atoms with Crippen LogP contribution in [0.25, 0.3) is 0 Å². The number of aromatic nitrogens is 2. The molecule has 0 amide bonds. The smallest absolute Gasteiger partial charge is 0.168 e. The zero-order valence-electron chi connectivity index (χ0n) is 27.8. The molecule has 5 aromatic carbocycles. The zero-order chi connectivity index (χ0) is 34.1. The van der Waals surface area contributed by atoms with E-state index in [1.54, 1.807) is 37.2 Å². The molecular weight excluding hydrogens is 616 g/mol. The molecule has 8 heteroatoms. The molecule has 0 saturated carbocycles. The average Bonchev–Trinajstić information content (AvgIpc) is 3.60. The fourth-order valence-electron chi connectivity index (χ4n) is 5.94. The van der Waals surface area contributed by atoms with Gasteiger partial charge in [0.15, 0.2) is 12.2 Å². The summed E-state index contributed by atoms with van der Waals surface area (Å²) >= 11 is 0. The molecule has 0 aliphatic carbocycles.